The van der Waals surface area contributed by atoms with Gasteiger partial charge in [0.05, 0.1) is 23.9 Å². The summed E-state index contributed by atoms with van der Waals surface area (Å²) in [5, 5.41) is 9.75. The van der Waals surface area contributed by atoms with Crippen LogP contribution in [0.5, 0.6) is 17.2 Å². The number of phenols is 1. The molecule has 0 saturated heterocycles. The summed E-state index contributed by atoms with van der Waals surface area (Å²) in [5.41, 5.74) is 1.54. The van der Waals surface area contributed by atoms with Crippen LogP contribution >= 0.6 is 11.6 Å². The molecule has 122 valence electrons. The zero-order valence-electron chi connectivity index (χ0n) is 13.4. The lowest BCUT2D eigenvalue weighted by Gasteiger charge is -2.17. The number of aliphatic imine (C=N–C) groups is 1. The van der Waals surface area contributed by atoms with Crippen molar-refractivity contribution >= 4 is 23.5 Å². The molecular formula is C18H20ClNO3. The summed E-state index contributed by atoms with van der Waals surface area (Å²) >= 11 is 6.32. The van der Waals surface area contributed by atoms with Crippen LogP contribution in [-0.2, 0) is 0 Å². The summed E-state index contributed by atoms with van der Waals surface area (Å²) in [7, 11) is 1.58. The molecule has 0 saturated carbocycles. The molecule has 0 aliphatic rings. The molecule has 23 heavy (non-hydrogen) atoms. The minimum atomic E-state index is 0.0536. The number of halogens is 1. The van der Waals surface area contributed by atoms with Crippen LogP contribution in [0.25, 0.3) is 0 Å². The van der Waals surface area contributed by atoms with E-state index < -0.39 is 0 Å². The van der Waals surface area contributed by atoms with Gasteiger partial charge in [-0.25, -0.2) is 0 Å². The molecule has 0 aromatic heterocycles. The Morgan fingerprint density at radius 1 is 1.26 bits per heavy atom. The van der Waals surface area contributed by atoms with Gasteiger partial charge in [-0.05, 0) is 55.3 Å². The van der Waals surface area contributed by atoms with Gasteiger partial charge in [0.1, 0.15) is 5.75 Å². The van der Waals surface area contributed by atoms with Gasteiger partial charge in [0.15, 0.2) is 11.5 Å². The van der Waals surface area contributed by atoms with Crippen molar-refractivity contribution in [2.45, 2.75) is 26.4 Å². The molecule has 0 unspecified atom stereocenters. The van der Waals surface area contributed by atoms with Crippen LogP contribution in [0.3, 0.4) is 0 Å². The minimum absolute atomic E-state index is 0.0536. The normalized spacial score (nSPS) is 12.3. The van der Waals surface area contributed by atoms with Gasteiger partial charge in [0, 0.05) is 6.21 Å². The Labute approximate surface area is 141 Å². The lowest BCUT2D eigenvalue weighted by Crippen LogP contribution is -2.11. The molecule has 4 nitrogen and oxygen atoms in total. The van der Waals surface area contributed by atoms with Crippen molar-refractivity contribution in [3.8, 4) is 17.2 Å². The summed E-state index contributed by atoms with van der Waals surface area (Å²) in [6.45, 7) is 4.03. The second-order valence-corrected chi connectivity index (χ2v) is 5.55. The number of benzene rings is 2. The van der Waals surface area contributed by atoms with E-state index in [1.165, 1.54) is 0 Å². The van der Waals surface area contributed by atoms with E-state index in [0.717, 1.165) is 17.7 Å². The molecule has 1 N–H and O–H groups in total. The molecule has 0 fully saturated rings. The number of hydrogen-bond donors (Lipinski definition) is 1. The first-order valence-corrected chi connectivity index (χ1v) is 7.78. The molecule has 0 spiro atoms. The van der Waals surface area contributed by atoms with Gasteiger partial charge in [-0.1, -0.05) is 18.5 Å². The number of phenolic OH excluding ortho intramolecular Hbond substituents is 1. The van der Waals surface area contributed by atoms with Crippen LogP contribution in [0.4, 0.5) is 5.69 Å². The van der Waals surface area contributed by atoms with Crippen molar-refractivity contribution in [2.24, 2.45) is 4.99 Å². The lowest BCUT2D eigenvalue weighted by molar-refractivity contribution is 0.208. The number of methoxy groups -OCH3 is 1. The zero-order valence-corrected chi connectivity index (χ0v) is 14.2. The predicted molar refractivity (Wildman–Crippen MR) is 93.7 cm³/mol. The van der Waals surface area contributed by atoms with E-state index in [1.54, 1.807) is 43.7 Å². The highest BCUT2D eigenvalue weighted by Gasteiger charge is 2.13. The summed E-state index contributed by atoms with van der Waals surface area (Å²) in [5.74, 6) is 1.33. The quantitative estimate of drug-likeness (QED) is 0.758. The van der Waals surface area contributed by atoms with Gasteiger partial charge in [-0.15, -0.1) is 0 Å². The number of aromatic hydroxyl groups is 1. The van der Waals surface area contributed by atoms with Crippen LogP contribution in [-0.4, -0.2) is 24.5 Å². The van der Waals surface area contributed by atoms with Crippen molar-refractivity contribution in [3.63, 3.8) is 0 Å². The van der Waals surface area contributed by atoms with E-state index in [1.807, 2.05) is 19.9 Å². The molecule has 2 aromatic rings. The fourth-order valence-electron chi connectivity index (χ4n) is 1.90. The van der Waals surface area contributed by atoms with E-state index in [0.29, 0.717) is 16.5 Å². The zero-order chi connectivity index (χ0) is 16.8. The van der Waals surface area contributed by atoms with Crippen LogP contribution < -0.4 is 9.47 Å². The third-order valence-electron chi connectivity index (χ3n) is 3.36. The molecule has 0 radical (unpaired) electrons. The molecule has 0 amide bonds. The summed E-state index contributed by atoms with van der Waals surface area (Å²) in [4.78, 5) is 4.35. The first-order valence-electron chi connectivity index (χ1n) is 7.40. The molecule has 2 rings (SSSR count). The van der Waals surface area contributed by atoms with Crippen LogP contribution in [0.15, 0.2) is 41.4 Å². The molecule has 0 heterocycles. The Hall–Kier alpha value is -2.20. The third-order valence-corrected chi connectivity index (χ3v) is 3.64. The van der Waals surface area contributed by atoms with Crippen molar-refractivity contribution in [2.75, 3.05) is 7.11 Å². The molecule has 0 bridgehead atoms. The molecule has 1 atom stereocenters. The number of ether oxygens (including phenoxy) is 2. The average molecular weight is 334 g/mol. The maximum absolute atomic E-state index is 9.27. The monoisotopic (exact) mass is 333 g/mol. The van der Waals surface area contributed by atoms with Crippen molar-refractivity contribution in [1.82, 2.24) is 0 Å². The largest absolute Gasteiger partial charge is 0.508 e. The Balaban J connectivity index is 2.26. The summed E-state index contributed by atoms with van der Waals surface area (Å²) in [6, 6.07) is 10.2. The van der Waals surface area contributed by atoms with Gasteiger partial charge >= 0.3 is 0 Å². The standard InChI is InChI=1S/C18H20ClNO3/c1-4-12(2)23-18-16(19)9-13(10-17(18)22-3)11-20-14-5-7-15(21)8-6-14/h5-12,21H,4H2,1-3H3/t12-/m1/s1. The fraction of sp³-hybridized carbons (Fsp3) is 0.278. The predicted octanol–water partition coefficient (Wildman–Crippen LogP) is 4.98. The highest BCUT2D eigenvalue weighted by atomic mass is 35.5. The summed E-state index contributed by atoms with van der Waals surface area (Å²) < 4.78 is 11.2. The van der Waals surface area contributed by atoms with Crippen molar-refractivity contribution in [1.29, 1.82) is 0 Å². The smallest absolute Gasteiger partial charge is 0.180 e. The Bertz CT molecular complexity index is 683. The minimum Gasteiger partial charge on any atom is -0.508 e. The Morgan fingerprint density at radius 2 is 1.96 bits per heavy atom. The van der Waals surface area contributed by atoms with Crippen molar-refractivity contribution < 1.29 is 14.6 Å². The van der Waals surface area contributed by atoms with E-state index >= 15 is 0 Å². The maximum Gasteiger partial charge on any atom is 0.180 e. The number of rotatable bonds is 6. The second-order valence-electron chi connectivity index (χ2n) is 5.15. The first-order chi connectivity index (χ1) is 11.0. The molecule has 0 aliphatic heterocycles. The molecule has 5 heteroatoms. The van der Waals surface area contributed by atoms with E-state index in [9.17, 15) is 5.11 Å². The van der Waals surface area contributed by atoms with Crippen LogP contribution in [0.1, 0.15) is 25.8 Å². The maximum atomic E-state index is 9.27. The van der Waals surface area contributed by atoms with Gasteiger partial charge in [0.25, 0.3) is 0 Å². The average Bonchev–Trinajstić information content (AvgIpc) is 2.56. The van der Waals surface area contributed by atoms with Crippen LogP contribution in [0.2, 0.25) is 5.02 Å². The Kier molecular flexibility index (Phi) is 5.88. The highest BCUT2D eigenvalue weighted by molar-refractivity contribution is 6.32. The van der Waals surface area contributed by atoms with Crippen molar-refractivity contribution in [3.05, 3.63) is 47.0 Å². The van der Waals surface area contributed by atoms with Crippen LogP contribution in [0, 0.1) is 0 Å². The van der Waals surface area contributed by atoms with E-state index in [-0.39, 0.29) is 11.9 Å². The first kappa shape index (κ1) is 17.2. The van der Waals surface area contributed by atoms with Gasteiger partial charge < -0.3 is 14.6 Å². The van der Waals surface area contributed by atoms with Gasteiger partial charge in [0.2, 0.25) is 0 Å². The lowest BCUT2D eigenvalue weighted by atomic mass is 10.2. The summed E-state index contributed by atoms with van der Waals surface area (Å²) in [6.07, 6.45) is 2.62. The van der Waals surface area contributed by atoms with Gasteiger partial charge in [-0.2, -0.15) is 0 Å². The van der Waals surface area contributed by atoms with E-state index in [4.69, 9.17) is 21.1 Å². The number of hydrogen-bond acceptors (Lipinski definition) is 4. The molecular weight excluding hydrogens is 314 g/mol. The molecule has 2 aromatic carbocycles. The number of nitrogens with zero attached hydrogens (tertiary/aromatic N) is 1. The third kappa shape index (κ3) is 4.63. The fourth-order valence-corrected chi connectivity index (χ4v) is 2.16. The SMILES string of the molecule is CC[C@@H](C)Oc1c(Cl)cc(C=Nc2ccc(O)cc2)cc1OC. The highest BCUT2D eigenvalue weighted by Crippen LogP contribution is 2.37. The topological polar surface area (TPSA) is 51.0 Å². The second kappa shape index (κ2) is 7.88. The van der Waals surface area contributed by atoms with Gasteiger partial charge in [-0.3, -0.25) is 4.99 Å². The van der Waals surface area contributed by atoms with E-state index in [2.05, 4.69) is 4.99 Å². The molecule has 0 aliphatic carbocycles. The Morgan fingerprint density at radius 3 is 2.57 bits per heavy atom.